The van der Waals surface area contributed by atoms with Crippen LogP contribution in [0.2, 0.25) is 0 Å². The summed E-state index contributed by atoms with van der Waals surface area (Å²) in [5.74, 6) is 2.07. The molecule has 124 valence electrons. The normalized spacial score (nSPS) is 12.4. The van der Waals surface area contributed by atoms with E-state index in [4.69, 9.17) is 4.98 Å². The van der Waals surface area contributed by atoms with Crippen molar-refractivity contribution in [3.8, 4) is 0 Å². The van der Waals surface area contributed by atoms with Gasteiger partial charge in [0.1, 0.15) is 5.82 Å². The van der Waals surface area contributed by atoms with E-state index in [1.54, 1.807) is 0 Å². The Morgan fingerprint density at radius 2 is 1.48 bits per heavy atom. The van der Waals surface area contributed by atoms with Gasteiger partial charge in [0.25, 0.3) is 0 Å². The highest BCUT2D eigenvalue weighted by atomic mass is 32.2. The maximum absolute atomic E-state index is 4.94. The minimum Gasteiger partial charge on any atom is -0.330 e. The van der Waals surface area contributed by atoms with Gasteiger partial charge in [-0.2, -0.15) is 0 Å². The molecule has 1 atom stereocenters. The molecule has 0 saturated heterocycles. The van der Waals surface area contributed by atoms with Crippen LogP contribution in [-0.2, 0) is 12.8 Å². The zero-order valence-corrected chi connectivity index (χ0v) is 15.0. The van der Waals surface area contributed by atoms with Crippen LogP contribution in [0.1, 0.15) is 22.2 Å². The van der Waals surface area contributed by atoms with Crippen molar-refractivity contribution < 1.29 is 0 Å². The Morgan fingerprint density at radius 1 is 0.840 bits per heavy atom. The fourth-order valence-electron chi connectivity index (χ4n) is 3.10. The SMILES string of the molecule is Cn1c([C@@H](SCc2ccccc2)c2ccccc2)nc2ccccc21. The zero-order chi connectivity index (χ0) is 17.1. The second-order valence-electron chi connectivity index (χ2n) is 6.11. The average molecular weight is 344 g/mol. The van der Waals surface area contributed by atoms with Gasteiger partial charge in [-0.05, 0) is 23.3 Å². The Kier molecular flexibility index (Phi) is 4.57. The van der Waals surface area contributed by atoms with Crippen LogP contribution in [0.5, 0.6) is 0 Å². The maximum Gasteiger partial charge on any atom is 0.127 e. The summed E-state index contributed by atoms with van der Waals surface area (Å²) in [5.41, 5.74) is 4.87. The number of rotatable bonds is 5. The molecule has 0 saturated carbocycles. The van der Waals surface area contributed by atoms with Crippen molar-refractivity contribution in [3.63, 3.8) is 0 Å². The van der Waals surface area contributed by atoms with Crippen molar-refractivity contribution in [2.75, 3.05) is 0 Å². The summed E-state index contributed by atoms with van der Waals surface area (Å²) in [6.45, 7) is 0. The molecule has 0 spiro atoms. The molecule has 0 aliphatic rings. The first-order valence-corrected chi connectivity index (χ1v) is 9.49. The molecule has 0 N–H and O–H groups in total. The number of hydrogen-bond acceptors (Lipinski definition) is 2. The standard InChI is InChI=1S/C22H20N2S/c1-24-20-15-9-8-14-19(20)23-22(24)21(18-12-6-3-7-13-18)25-16-17-10-4-2-5-11-17/h2-15,21H,16H2,1H3/t21-/m0/s1. The molecular weight excluding hydrogens is 324 g/mol. The van der Waals surface area contributed by atoms with E-state index < -0.39 is 0 Å². The number of aryl methyl sites for hydroxylation is 1. The van der Waals surface area contributed by atoms with E-state index in [9.17, 15) is 0 Å². The summed E-state index contributed by atoms with van der Waals surface area (Å²) in [4.78, 5) is 4.94. The second kappa shape index (κ2) is 7.16. The molecule has 1 heterocycles. The van der Waals surface area contributed by atoms with Gasteiger partial charge in [0.2, 0.25) is 0 Å². The Bertz CT molecular complexity index is 961. The van der Waals surface area contributed by atoms with Gasteiger partial charge in [-0.1, -0.05) is 72.8 Å². The molecule has 3 heteroatoms. The third-order valence-electron chi connectivity index (χ3n) is 4.42. The van der Waals surface area contributed by atoms with E-state index in [2.05, 4.69) is 90.5 Å². The molecule has 3 aromatic carbocycles. The van der Waals surface area contributed by atoms with Gasteiger partial charge in [0.05, 0.1) is 16.3 Å². The maximum atomic E-state index is 4.94. The van der Waals surface area contributed by atoms with E-state index in [0.717, 1.165) is 17.1 Å². The Hall–Kier alpha value is -2.52. The van der Waals surface area contributed by atoms with Crippen molar-refractivity contribution in [1.29, 1.82) is 0 Å². The fraction of sp³-hybridized carbons (Fsp3) is 0.136. The molecule has 4 aromatic rings. The highest BCUT2D eigenvalue weighted by Crippen LogP contribution is 2.38. The molecule has 1 aromatic heterocycles. The summed E-state index contributed by atoms with van der Waals surface area (Å²) < 4.78 is 2.23. The zero-order valence-electron chi connectivity index (χ0n) is 14.2. The summed E-state index contributed by atoms with van der Waals surface area (Å²) in [6, 6.07) is 29.6. The van der Waals surface area contributed by atoms with Crippen LogP contribution in [0.15, 0.2) is 84.9 Å². The number of hydrogen-bond donors (Lipinski definition) is 0. The van der Waals surface area contributed by atoms with Crippen LogP contribution >= 0.6 is 11.8 Å². The van der Waals surface area contributed by atoms with E-state index in [1.165, 1.54) is 16.6 Å². The lowest BCUT2D eigenvalue weighted by molar-refractivity contribution is 0.835. The monoisotopic (exact) mass is 344 g/mol. The van der Waals surface area contributed by atoms with Crippen molar-refractivity contribution in [2.24, 2.45) is 7.05 Å². The minimum absolute atomic E-state index is 0.207. The number of aromatic nitrogens is 2. The molecule has 0 fully saturated rings. The number of fused-ring (bicyclic) bond motifs is 1. The first-order chi connectivity index (χ1) is 12.3. The van der Waals surface area contributed by atoms with Gasteiger partial charge in [0, 0.05) is 12.8 Å². The topological polar surface area (TPSA) is 17.8 Å². The van der Waals surface area contributed by atoms with Crippen molar-refractivity contribution in [3.05, 3.63) is 102 Å². The van der Waals surface area contributed by atoms with Gasteiger partial charge < -0.3 is 4.57 Å². The van der Waals surface area contributed by atoms with E-state index >= 15 is 0 Å². The Balaban J connectivity index is 1.73. The van der Waals surface area contributed by atoms with Crippen molar-refractivity contribution >= 4 is 22.8 Å². The second-order valence-corrected chi connectivity index (χ2v) is 7.20. The highest BCUT2D eigenvalue weighted by molar-refractivity contribution is 7.98. The molecule has 0 radical (unpaired) electrons. The number of benzene rings is 3. The lowest BCUT2D eigenvalue weighted by Gasteiger charge is -2.17. The average Bonchev–Trinajstić information content (AvgIpc) is 3.01. The van der Waals surface area contributed by atoms with Gasteiger partial charge in [0.15, 0.2) is 0 Å². The van der Waals surface area contributed by atoms with Crippen LogP contribution in [0.3, 0.4) is 0 Å². The van der Waals surface area contributed by atoms with Crippen LogP contribution in [0.25, 0.3) is 11.0 Å². The van der Waals surface area contributed by atoms with Crippen LogP contribution in [-0.4, -0.2) is 9.55 Å². The predicted octanol–water partition coefficient (Wildman–Crippen LogP) is 5.60. The number of thioether (sulfide) groups is 1. The van der Waals surface area contributed by atoms with Crippen LogP contribution in [0.4, 0.5) is 0 Å². The third kappa shape index (κ3) is 3.33. The molecule has 0 aliphatic carbocycles. The van der Waals surface area contributed by atoms with Gasteiger partial charge in [-0.3, -0.25) is 0 Å². The lowest BCUT2D eigenvalue weighted by Crippen LogP contribution is -2.05. The fourth-order valence-corrected chi connectivity index (χ4v) is 4.36. The quantitative estimate of drug-likeness (QED) is 0.469. The summed E-state index contributed by atoms with van der Waals surface area (Å²) in [5, 5.41) is 0.207. The van der Waals surface area contributed by atoms with Crippen molar-refractivity contribution in [1.82, 2.24) is 9.55 Å². The predicted molar refractivity (Wildman–Crippen MR) is 107 cm³/mol. The molecule has 0 bridgehead atoms. The minimum atomic E-state index is 0.207. The van der Waals surface area contributed by atoms with Gasteiger partial charge >= 0.3 is 0 Å². The van der Waals surface area contributed by atoms with E-state index in [-0.39, 0.29) is 5.25 Å². The lowest BCUT2D eigenvalue weighted by atomic mass is 10.1. The Labute approximate surface area is 152 Å². The first kappa shape index (κ1) is 16.0. The molecule has 2 nitrogen and oxygen atoms in total. The summed E-state index contributed by atoms with van der Waals surface area (Å²) in [7, 11) is 2.11. The summed E-state index contributed by atoms with van der Waals surface area (Å²) >= 11 is 1.93. The molecule has 0 aliphatic heterocycles. The first-order valence-electron chi connectivity index (χ1n) is 8.45. The summed E-state index contributed by atoms with van der Waals surface area (Å²) in [6.07, 6.45) is 0. The number of nitrogens with zero attached hydrogens (tertiary/aromatic N) is 2. The largest absolute Gasteiger partial charge is 0.330 e. The van der Waals surface area contributed by atoms with Crippen LogP contribution in [0, 0.1) is 0 Å². The molecular formula is C22H20N2S. The van der Waals surface area contributed by atoms with Crippen molar-refractivity contribution in [2.45, 2.75) is 11.0 Å². The molecule has 4 rings (SSSR count). The molecule has 25 heavy (non-hydrogen) atoms. The number of para-hydroxylation sites is 2. The van der Waals surface area contributed by atoms with Gasteiger partial charge in [-0.15, -0.1) is 11.8 Å². The highest BCUT2D eigenvalue weighted by Gasteiger charge is 2.21. The van der Waals surface area contributed by atoms with Gasteiger partial charge in [-0.25, -0.2) is 4.98 Å². The molecule has 0 amide bonds. The van der Waals surface area contributed by atoms with E-state index in [0.29, 0.717) is 0 Å². The molecule has 0 unspecified atom stereocenters. The number of imidazole rings is 1. The third-order valence-corrected chi connectivity index (χ3v) is 5.73. The Morgan fingerprint density at radius 3 is 2.20 bits per heavy atom. The van der Waals surface area contributed by atoms with E-state index in [1.807, 2.05) is 17.8 Å². The smallest absolute Gasteiger partial charge is 0.127 e. The van der Waals surface area contributed by atoms with Crippen LogP contribution < -0.4 is 0 Å².